The molecule has 0 aromatic rings. The van der Waals surface area contributed by atoms with E-state index in [4.69, 9.17) is 5.73 Å². The molecule has 0 saturated carbocycles. The summed E-state index contributed by atoms with van der Waals surface area (Å²) < 4.78 is 0. The smallest absolute Gasteiger partial charge is 0.252 e. The zero-order chi connectivity index (χ0) is 19.8. The molecule has 4 atom stereocenters. The van der Waals surface area contributed by atoms with Crippen LogP contribution in [0.15, 0.2) is 0 Å². The minimum absolute atomic E-state index is 0.0945. The molecule has 2 heterocycles. The predicted octanol–water partition coefficient (Wildman–Crippen LogP) is -0.510. The van der Waals surface area contributed by atoms with Crippen LogP contribution in [-0.4, -0.2) is 69.7 Å². The lowest BCUT2D eigenvalue weighted by atomic mass is 9.88. The quantitative estimate of drug-likeness (QED) is 0.679. The van der Waals surface area contributed by atoms with E-state index in [0.29, 0.717) is 13.0 Å². The molecule has 2 rings (SSSR count). The van der Waals surface area contributed by atoms with Crippen molar-refractivity contribution in [2.45, 2.75) is 58.7 Å². The lowest BCUT2D eigenvalue weighted by molar-refractivity contribution is -0.147. The van der Waals surface area contributed by atoms with E-state index >= 15 is 0 Å². The van der Waals surface area contributed by atoms with Crippen molar-refractivity contribution in [3.05, 3.63) is 6.42 Å². The summed E-state index contributed by atoms with van der Waals surface area (Å²) in [4.78, 5) is 51.4. The largest absolute Gasteiger partial charge is 0.383 e. The number of Topliss-reactive ketones (excluding diaryl/α,β-unsaturated/α-hetero) is 1. The predicted molar refractivity (Wildman–Crippen MR) is 93.4 cm³/mol. The molecule has 0 aromatic carbocycles. The molecule has 3 amide bonds. The van der Waals surface area contributed by atoms with Gasteiger partial charge in [-0.05, 0) is 18.3 Å². The van der Waals surface area contributed by atoms with E-state index in [1.165, 1.54) is 16.2 Å². The molecule has 0 spiro atoms. The van der Waals surface area contributed by atoms with Gasteiger partial charge >= 0.3 is 0 Å². The van der Waals surface area contributed by atoms with Crippen LogP contribution in [0.4, 0.5) is 0 Å². The lowest BCUT2D eigenvalue weighted by Crippen LogP contribution is -2.48. The topological polar surface area (TPSA) is 121 Å². The summed E-state index contributed by atoms with van der Waals surface area (Å²) in [6.07, 6.45) is 0.868. The van der Waals surface area contributed by atoms with E-state index in [-0.39, 0.29) is 24.7 Å². The van der Waals surface area contributed by atoms with E-state index in [1.54, 1.807) is 27.7 Å². The van der Waals surface area contributed by atoms with Gasteiger partial charge in [0.15, 0.2) is 5.78 Å². The lowest BCUT2D eigenvalue weighted by Gasteiger charge is -2.31. The molecule has 8 nitrogen and oxygen atoms in total. The van der Waals surface area contributed by atoms with Gasteiger partial charge in [0.2, 0.25) is 11.8 Å². The average molecular weight is 366 g/mol. The number of hydrogen-bond acceptors (Lipinski definition) is 5. The second kappa shape index (κ2) is 7.34. The molecule has 2 fully saturated rings. The van der Waals surface area contributed by atoms with E-state index in [2.05, 4.69) is 0 Å². The fourth-order valence-corrected chi connectivity index (χ4v) is 3.40. The van der Waals surface area contributed by atoms with Gasteiger partial charge in [0.05, 0.1) is 19.0 Å². The van der Waals surface area contributed by atoms with Crippen LogP contribution in [0.1, 0.15) is 40.5 Å². The normalized spacial score (nSPS) is 25.2. The molecule has 26 heavy (non-hydrogen) atoms. The molecule has 2 saturated heterocycles. The summed E-state index contributed by atoms with van der Waals surface area (Å²) in [7, 11) is 0. The Morgan fingerprint density at radius 1 is 1.31 bits per heavy atom. The highest BCUT2D eigenvalue weighted by atomic mass is 16.3. The Labute approximate surface area is 153 Å². The Kier molecular flexibility index (Phi) is 5.75. The summed E-state index contributed by atoms with van der Waals surface area (Å²) >= 11 is 0. The summed E-state index contributed by atoms with van der Waals surface area (Å²) in [5.74, 6) is -1.95. The van der Waals surface area contributed by atoms with Gasteiger partial charge in [-0.1, -0.05) is 27.7 Å². The highest BCUT2D eigenvalue weighted by Gasteiger charge is 2.52. The molecule has 0 aliphatic carbocycles. The van der Waals surface area contributed by atoms with Crippen molar-refractivity contribution in [1.29, 1.82) is 0 Å². The van der Waals surface area contributed by atoms with Crippen LogP contribution >= 0.6 is 0 Å². The third-order valence-corrected chi connectivity index (χ3v) is 5.17. The molecule has 3 N–H and O–H groups in total. The van der Waals surface area contributed by atoms with Gasteiger partial charge in [-0.3, -0.25) is 19.2 Å². The van der Waals surface area contributed by atoms with Crippen LogP contribution in [0, 0.1) is 17.8 Å². The summed E-state index contributed by atoms with van der Waals surface area (Å²) in [5, 5.41) is 10.3. The van der Waals surface area contributed by atoms with Crippen molar-refractivity contribution in [1.82, 2.24) is 9.80 Å². The fourth-order valence-electron chi connectivity index (χ4n) is 3.40. The number of carbonyl (C=O) groups is 4. The van der Waals surface area contributed by atoms with Gasteiger partial charge in [0.25, 0.3) is 5.91 Å². The maximum absolute atomic E-state index is 12.6. The minimum atomic E-state index is -1.21. The minimum Gasteiger partial charge on any atom is -0.383 e. The Balaban J connectivity index is 2.06. The first-order valence-corrected chi connectivity index (χ1v) is 8.89. The van der Waals surface area contributed by atoms with E-state index in [9.17, 15) is 24.3 Å². The van der Waals surface area contributed by atoms with Crippen molar-refractivity contribution in [3.8, 4) is 0 Å². The molecule has 8 heteroatoms. The second-order valence-corrected chi connectivity index (χ2v) is 8.28. The second-order valence-electron chi connectivity index (χ2n) is 8.28. The Hall–Kier alpha value is -1.96. The van der Waals surface area contributed by atoms with Crippen molar-refractivity contribution in [2.24, 2.45) is 17.1 Å². The first-order valence-electron chi connectivity index (χ1n) is 8.89. The summed E-state index contributed by atoms with van der Waals surface area (Å²) in [6, 6.07) is -1.09. The number of hydrogen-bond donors (Lipinski definition) is 2. The maximum Gasteiger partial charge on any atom is 0.252 e. The first kappa shape index (κ1) is 20.4. The average Bonchev–Trinajstić information content (AvgIpc) is 3.11. The Morgan fingerprint density at radius 2 is 1.92 bits per heavy atom. The molecule has 1 radical (unpaired) electrons. The Bertz CT molecular complexity index is 612. The highest BCUT2D eigenvalue weighted by Crippen LogP contribution is 2.32. The van der Waals surface area contributed by atoms with Crippen LogP contribution in [0.25, 0.3) is 0 Å². The number of fused-ring (bicyclic) bond motifs is 1. The van der Waals surface area contributed by atoms with Crippen LogP contribution in [0.2, 0.25) is 0 Å². The third kappa shape index (κ3) is 3.90. The number of amides is 3. The number of nitrogens with zero attached hydrogens (tertiary/aromatic N) is 2. The molecule has 4 unspecified atom stereocenters. The number of carbonyl (C=O) groups excluding carboxylic acids is 4. The zero-order valence-electron chi connectivity index (χ0n) is 15.8. The first-order chi connectivity index (χ1) is 11.9. The van der Waals surface area contributed by atoms with Crippen LogP contribution in [-0.2, 0) is 19.2 Å². The Morgan fingerprint density at radius 3 is 2.46 bits per heavy atom. The van der Waals surface area contributed by atoms with Crippen molar-refractivity contribution in [3.63, 3.8) is 0 Å². The molecule has 0 aromatic heterocycles. The SMILES string of the molecule is CC(C[CH]C(=O)N1CCC2C1C(=O)CN2C(=O)C(O)C(C)(C)C)C(N)=O. The maximum atomic E-state index is 12.6. The number of primary amides is 1. The van der Waals surface area contributed by atoms with Crippen molar-refractivity contribution < 1.29 is 24.3 Å². The third-order valence-electron chi connectivity index (χ3n) is 5.17. The molecule has 2 aliphatic rings. The number of nitrogens with two attached hydrogens (primary N) is 1. The standard InChI is InChI=1S/C18H28N3O5/c1-10(16(19)25)5-6-13(23)20-8-7-11-14(20)12(22)9-21(11)17(26)15(24)18(2,3)4/h6,10-11,14-15,24H,5,7-9H2,1-4H3,(H2,19,25). The number of rotatable bonds is 5. The monoisotopic (exact) mass is 366 g/mol. The van der Waals surface area contributed by atoms with Crippen LogP contribution in [0.5, 0.6) is 0 Å². The van der Waals surface area contributed by atoms with Crippen molar-refractivity contribution >= 4 is 23.5 Å². The van der Waals surface area contributed by atoms with E-state index in [0.717, 1.165) is 0 Å². The summed E-state index contributed by atoms with van der Waals surface area (Å²) in [5.41, 5.74) is 4.56. The number of ketones is 1. The van der Waals surface area contributed by atoms with E-state index in [1.807, 2.05) is 0 Å². The molecule has 0 bridgehead atoms. The molecular formula is C18H28N3O5. The number of aliphatic hydroxyl groups excluding tert-OH is 1. The van der Waals surface area contributed by atoms with Gasteiger partial charge in [0, 0.05) is 12.5 Å². The van der Waals surface area contributed by atoms with Gasteiger partial charge < -0.3 is 20.6 Å². The van der Waals surface area contributed by atoms with Crippen molar-refractivity contribution in [2.75, 3.05) is 13.1 Å². The van der Waals surface area contributed by atoms with Crippen LogP contribution < -0.4 is 5.73 Å². The molecular weight excluding hydrogens is 338 g/mol. The van der Waals surface area contributed by atoms with Gasteiger partial charge in [-0.2, -0.15) is 0 Å². The molecule has 2 aliphatic heterocycles. The fraction of sp³-hybridized carbons (Fsp3) is 0.722. The molecule has 145 valence electrons. The van der Waals surface area contributed by atoms with E-state index < -0.39 is 41.3 Å². The van der Waals surface area contributed by atoms with Gasteiger partial charge in [0.1, 0.15) is 12.1 Å². The van der Waals surface area contributed by atoms with Gasteiger partial charge in [-0.25, -0.2) is 0 Å². The zero-order valence-corrected chi connectivity index (χ0v) is 15.8. The summed E-state index contributed by atoms with van der Waals surface area (Å²) in [6.45, 7) is 7.16. The van der Waals surface area contributed by atoms with Crippen LogP contribution in [0.3, 0.4) is 0 Å². The highest BCUT2D eigenvalue weighted by molar-refractivity contribution is 5.99. The number of likely N-dealkylation sites (tertiary alicyclic amines) is 2. The number of aliphatic hydroxyl groups is 1. The van der Waals surface area contributed by atoms with Gasteiger partial charge in [-0.15, -0.1) is 0 Å².